The largest absolute Gasteiger partial charge is 0.482 e. The van der Waals surface area contributed by atoms with E-state index in [0.717, 1.165) is 0 Å². The van der Waals surface area contributed by atoms with Crippen molar-refractivity contribution in [2.45, 2.75) is 12.5 Å². The van der Waals surface area contributed by atoms with Gasteiger partial charge in [0.05, 0.1) is 6.61 Å². The van der Waals surface area contributed by atoms with Crippen molar-refractivity contribution < 1.29 is 23.8 Å². The molecule has 0 radical (unpaired) electrons. The van der Waals surface area contributed by atoms with Gasteiger partial charge in [-0.25, -0.2) is 9.59 Å². The molecule has 1 saturated heterocycles. The number of rotatable bonds is 4. The predicted molar refractivity (Wildman–Crippen MR) is 61.8 cm³/mol. The van der Waals surface area contributed by atoms with Gasteiger partial charge in [-0.05, 0) is 12.1 Å². The van der Waals surface area contributed by atoms with Crippen molar-refractivity contribution in [1.82, 2.24) is 0 Å². The SMILES string of the molecule is Nc1cccc(OCC(=O)OC2CCOC2=O)c1. The fourth-order valence-corrected chi connectivity index (χ4v) is 1.52. The summed E-state index contributed by atoms with van der Waals surface area (Å²) >= 11 is 0. The zero-order valence-corrected chi connectivity index (χ0v) is 9.63. The van der Waals surface area contributed by atoms with Crippen molar-refractivity contribution in [3.05, 3.63) is 24.3 Å². The van der Waals surface area contributed by atoms with Crippen molar-refractivity contribution in [3.63, 3.8) is 0 Å². The third-order valence-corrected chi connectivity index (χ3v) is 2.38. The molecule has 0 amide bonds. The number of nitrogens with two attached hydrogens (primary N) is 1. The number of nitrogen functional groups attached to an aromatic ring is 1. The van der Waals surface area contributed by atoms with Gasteiger partial charge in [-0.2, -0.15) is 0 Å². The summed E-state index contributed by atoms with van der Waals surface area (Å²) in [7, 11) is 0. The monoisotopic (exact) mass is 251 g/mol. The van der Waals surface area contributed by atoms with Gasteiger partial charge in [0.25, 0.3) is 0 Å². The maximum absolute atomic E-state index is 11.4. The minimum Gasteiger partial charge on any atom is -0.482 e. The molecule has 1 unspecified atom stereocenters. The maximum Gasteiger partial charge on any atom is 0.347 e. The van der Waals surface area contributed by atoms with E-state index in [2.05, 4.69) is 4.74 Å². The zero-order chi connectivity index (χ0) is 13.0. The molecule has 1 aliphatic heterocycles. The molecule has 1 fully saturated rings. The molecule has 1 atom stereocenters. The van der Waals surface area contributed by atoms with Crippen LogP contribution in [0.25, 0.3) is 0 Å². The maximum atomic E-state index is 11.4. The van der Waals surface area contributed by atoms with Gasteiger partial charge in [0.2, 0.25) is 6.10 Å². The molecular weight excluding hydrogens is 238 g/mol. The van der Waals surface area contributed by atoms with Crippen molar-refractivity contribution in [3.8, 4) is 5.75 Å². The Labute approximate surface area is 104 Å². The summed E-state index contributed by atoms with van der Waals surface area (Å²) in [5.74, 6) is -0.644. The Kier molecular flexibility index (Phi) is 3.66. The van der Waals surface area contributed by atoms with E-state index in [1.165, 1.54) is 0 Å². The first-order valence-corrected chi connectivity index (χ1v) is 5.49. The van der Waals surface area contributed by atoms with Crippen LogP contribution >= 0.6 is 0 Å². The fraction of sp³-hybridized carbons (Fsp3) is 0.333. The van der Waals surface area contributed by atoms with Gasteiger partial charge >= 0.3 is 11.9 Å². The van der Waals surface area contributed by atoms with E-state index in [1.807, 2.05) is 0 Å². The lowest BCUT2D eigenvalue weighted by Gasteiger charge is -2.09. The molecule has 0 saturated carbocycles. The molecule has 1 aromatic rings. The third-order valence-electron chi connectivity index (χ3n) is 2.38. The van der Waals surface area contributed by atoms with E-state index in [9.17, 15) is 9.59 Å². The smallest absolute Gasteiger partial charge is 0.347 e. The first kappa shape index (κ1) is 12.2. The Balaban J connectivity index is 1.79. The van der Waals surface area contributed by atoms with Gasteiger partial charge in [0.1, 0.15) is 5.75 Å². The molecule has 2 N–H and O–H groups in total. The lowest BCUT2D eigenvalue weighted by atomic mass is 10.3. The molecule has 0 bridgehead atoms. The van der Waals surface area contributed by atoms with Crippen LogP contribution in [0.3, 0.4) is 0 Å². The van der Waals surface area contributed by atoms with Crippen LogP contribution in [-0.4, -0.2) is 31.3 Å². The number of benzene rings is 1. The lowest BCUT2D eigenvalue weighted by Crippen LogP contribution is -2.26. The van der Waals surface area contributed by atoms with Crippen molar-refractivity contribution in [2.24, 2.45) is 0 Å². The number of ether oxygens (including phenoxy) is 3. The summed E-state index contributed by atoms with van der Waals surface area (Å²) in [6, 6.07) is 6.69. The molecule has 0 aromatic heterocycles. The normalized spacial score (nSPS) is 18.2. The van der Waals surface area contributed by atoms with Gasteiger partial charge in [-0.3, -0.25) is 0 Å². The number of esters is 2. The van der Waals surface area contributed by atoms with Crippen molar-refractivity contribution in [2.75, 3.05) is 18.9 Å². The Bertz CT molecular complexity index is 460. The second-order valence-electron chi connectivity index (χ2n) is 3.80. The van der Waals surface area contributed by atoms with Crippen LogP contribution in [0.1, 0.15) is 6.42 Å². The van der Waals surface area contributed by atoms with Gasteiger partial charge in [-0.15, -0.1) is 0 Å². The van der Waals surface area contributed by atoms with Crippen LogP contribution in [0.5, 0.6) is 5.75 Å². The Hall–Kier alpha value is -2.24. The highest BCUT2D eigenvalue weighted by molar-refractivity contribution is 5.81. The minimum atomic E-state index is -0.804. The number of hydrogen-bond donors (Lipinski definition) is 1. The van der Waals surface area contributed by atoms with E-state index < -0.39 is 18.0 Å². The molecule has 0 spiro atoms. The summed E-state index contributed by atoms with van der Waals surface area (Å²) in [4.78, 5) is 22.5. The number of cyclic esters (lactones) is 1. The quantitative estimate of drug-likeness (QED) is 0.619. The number of anilines is 1. The number of hydrogen-bond acceptors (Lipinski definition) is 6. The minimum absolute atomic E-state index is 0.271. The Morgan fingerprint density at radius 3 is 3.00 bits per heavy atom. The van der Waals surface area contributed by atoms with E-state index in [1.54, 1.807) is 24.3 Å². The zero-order valence-electron chi connectivity index (χ0n) is 9.63. The molecule has 1 aliphatic rings. The molecule has 6 nitrogen and oxygen atoms in total. The van der Waals surface area contributed by atoms with E-state index in [-0.39, 0.29) is 13.2 Å². The molecule has 0 aliphatic carbocycles. The second kappa shape index (κ2) is 5.39. The van der Waals surface area contributed by atoms with E-state index in [0.29, 0.717) is 17.9 Å². The highest BCUT2D eigenvalue weighted by atomic mass is 16.6. The van der Waals surface area contributed by atoms with Crippen LogP contribution in [0, 0.1) is 0 Å². The summed E-state index contributed by atoms with van der Waals surface area (Å²) < 4.78 is 14.8. The summed E-state index contributed by atoms with van der Waals surface area (Å²) in [5, 5.41) is 0. The van der Waals surface area contributed by atoms with Crippen LogP contribution in [0.15, 0.2) is 24.3 Å². The molecule has 96 valence electrons. The first-order valence-electron chi connectivity index (χ1n) is 5.49. The topological polar surface area (TPSA) is 87.8 Å². The molecular formula is C12H13NO5. The number of carbonyl (C=O) groups is 2. The Morgan fingerprint density at radius 2 is 2.33 bits per heavy atom. The first-order chi connectivity index (χ1) is 8.65. The van der Waals surface area contributed by atoms with Crippen LogP contribution < -0.4 is 10.5 Å². The lowest BCUT2D eigenvalue weighted by molar-refractivity contribution is -0.161. The third kappa shape index (κ3) is 3.13. The second-order valence-corrected chi connectivity index (χ2v) is 3.80. The fourth-order valence-electron chi connectivity index (χ4n) is 1.52. The highest BCUT2D eigenvalue weighted by Gasteiger charge is 2.30. The van der Waals surface area contributed by atoms with Gasteiger partial charge in [0, 0.05) is 18.2 Å². The van der Waals surface area contributed by atoms with Crippen molar-refractivity contribution >= 4 is 17.6 Å². The number of carbonyl (C=O) groups excluding carboxylic acids is 2. The standard InChI is InChI=1S/C12H13NO5/c13-8-2-1-3-9(6-8)17-7-11(14)18-10-4-5-16-12(10)15/h1-3,6,10H,4-5,7,13H2. The van der Waals surface area contributed by atoms with Gasteiger partial charge < -0.3 is 19.9 Å². The average molecular weight is 251 g/mol. The van der Waals surface area contributed by atoms with Gasteiger partial charge in [-0.1, -0.05) is 6.07 Å². The molecule has 6 heteroatoms. The Morgan fingerprint density at radius 1 is 1.50 bits per heavy atom. The van der Waals surface area contributed by atoms with E-state index in [4.69, 9.17) is 15.2 Å². The summed E-state index contributed by atoms with van der Waals surface area (Å²) in [5.41, 5.74) is 6.10. The van der Waals surface area contributed by atoms with Crippen LogP contribution in [0.2, 0.25) is 0 Å². The summed E-state index contributed by atoms with van der Waals surface area (Å²) in [6.07, 6.45) is -0.412. The van der Waals surface area contributed by atoms with E-state index >= 15 is 0 Å². The highest BCUT2D eigenvalue weighted by Crippen LogP contribution is 2.15. The molecule has 2 rings (SSSR count). The van der Waals surface area contributed by atoms with Crippen LogP contribution in [-0.2, 0) is 19.1 Å². The molecule has 1 aromatic carbocycles. The van der Waals surface area contributed by atoms with Crippen molar-refractivity contribution in [1.29, 1.82) is 0 Å². The molecule has 18 heavy (non-hydrogen) atoms. The van der Waals surface area contributed by atoms with Crippen LogP contribution in [0.4, 0.5) is 5.69 Å². The molecule has 1 heterocycles. The van der Waals surface area contributed by atoms with Gasteiger partial charge in [0.15, 0.2) is 6.61 Å². The average Bonchev–Trinajstić information content (AvgIpc) is 2.73. The summed E-state index contributed by atoms with van der Waals surface area (Å²) in [6.45, 7) is 0.0140. The predicted octanol–water partition coefficient (Wildman–Crippen LogP) is 0.506.